The van der Waals surface area contributed by atoms with E-state index in [1.807, 2.05) is 6.92 Å². The van der Waals surface area contributed by atoms with Crippen LogP contribution in [0.5, 0.6) is 0 Å². The van der Waals surface area contributed by atoms with Crippen LogP contribution in [0.2, 0.25) is 0 Å². The van der Waals surface area contributed by atoms with E-state index in [0.29, 0.717) is 11.0 Å². The van der Waals surface area contributed by atoms with E-state index in [9.17, 15) is 13.2 Å². The Hall–Kier alpha value is -0.590. The highest BCUT2D eigenvalue weighted by atomic mass is 79.9. The topological polar surface area (TPSA) is 21.3 Å². The molecule has 2 nitrogen and oxygen atoms in total. The van der Waals surface area contributed by atoms with Gasteiger partial charge in [0.15, 0.2) is 0 Å². The molecule has 108 valence electrons. The molecule has 0 radical (unpaired) electrons. The quantitative estimate of drug-likeness (QED) is 0.840. The fraction of sp³-hybridized carbons (Fsp3) is 0.538. The number of rotatable bonds is 6. The summed E-state index contributed by atoms with van der Waals surface area (Å²) in [4.78, 5) is 0. The van der Waals surface area contributed by atoms with E-state index in [1.165, 1.54) is 13.2 Å². The normalized spacial score (nSPS) is 13.6. The zero-order valence-electron chi connectivity index (χ0n) is 10.9. The van der Waals surface area contributed by atoms with Crippen LogP contribution in [0.1, 0.15) is 30.5 Å². The van der Waals surface area contributed by atoms with Crippen LogP contribution < -0.4 is 5.32 Å². The van der Waals surface area contributed by atoms with Crippen LogP contribution >= 0.6 is 15.9 Å². The molecule has 19 heavy (non-hydrogen) atoms. The highest BCUT2D eigenvalue weighted by molar-refractivity contribution is 9.10. The molecule has 0 aliphatic heterocycles. The molecular weight excluding hydrogens is 323 g/mol. The van der Waals surface area contributed by atoms with Crippen LogP contribution in [0.15, 0.2) is 22.7 Å². The Kier molecular flexibility index (Phi) is 6.29. The highest BCUT2D eigenvalue weighted by Crippen LogP contribution is 2.36. The third-order valence-electron chi connectivity index (χ3n) is 2.67. The first-order chi connectivity index (χ1) is 8.90. The Balaban J connectivity index is 3.14. The number of nitrogens with one attached hydrogen (secondary N) is 1. The molecule has 6 heteroatoms. The highest BCUT2D eigenvalue weighted by Gasteiger charge is 2.35. The zero-order valence-corrected chi connectivity index (χ0v) is 12.4. The second-order valence-corrected chi connectivity index (χ2v) is 5.11. The van der Waals surface area contributed by atoms with Gasteiger partial charge in [-0.25, -0.2) is 0 Å². The minimum Gasteiger partial charge on any atom is -0.383 e. The molecule has 0 spiro atoms. The van der Waals surface area contributed by atoms with Gasteiger partial charge in [0.25, 0.3) is 0 Å². The molecule has 0 heterocycles. The molecule has 1 aromatic carbocycles. The van der Waals surface area contributed by atoms with Crippen molar-refractivity contribution in [3.05, 3.63) is 33.8 Å². The second kappa shape index (κ2) is 7.26. The number of alkyl halides is 3. The van der Waals surface area contributed by atoms with Crippen molar-refractivity contribution in [2.45, 2.75) is 25.6 Å². The summed E-state index contributed by atoms with van der Waals surface area (Å²) in [7, 11) is 1.48. The van der Waals surface area contributed by atoms with E-state index < -0.39 is 17.8 Å². The summed E-state index contributed by atoms with van der Waals surface area (Å²) >= 11 is 3.08. The molecule has 0 saturated heterocycles. The van der Waals surface area contributed by atoms with E-state index in [0.717, 1.165) is 12.5 Å². The summed E-state index contributed by atoms with van der Waals surface area (Å²) < 4.78 is 44.6. The molecule has 0 bridgehead atoms. The van der Waals surface area contributed by atoms with Crippen LogP contribution in [-0.4, -0.2) is 20.3 Å². The van der Waals surface area contributed by atoms with Crippen molar-refractivity contribution < 1.29 is 17.9 Å². The van der Waals surface area contributed by atoms with Crippen LogP contribution in [-0.2, 0) is 10.9 Å². The fourth-order valence-electron chi connectivity index (χ4n) is 1.82. The smallest absolute Gasteiger partial charge is 0.383 e. The molecule has 1 unspecified atom stereocenters. The van der Waals surface area contributed by atoms with Gasteiger partial charge in [0.1, 0.15) is 0 Å². The number of methoxy groups -OCH3 is 1. The summed E-state index contributed by atoms with van der Waals surface area (Å²) in [6, 6.07) is 3.74. The first kappa shape index (κ1) is 16.5. The minimum atomic E-state index is -4.38. The Morgan fingerprint density at radius 1 is 1.37 bits per heavy atom. The molecule has 0 aliphatic carbocycles. The first-order valence-electron chi connectivity index (χ1n) is 5.99. The van der Waals surface area contributed by atoms with Gasteiger partial charge in [-0.1, -0.05) is 28.9 Å². The SMILES string of the molecule is CCCNC(COC)c1ccc(Br)cc1C(F)(F)F. The van der Waals surface area contributed by atoms with E-state index in [-0.39, 0.29) is 12.2 Å². The molecule has 1 aromatic rings. The lowest BCUT2D eigenvalue weighted by atomic mass is 10.00. The molecule has 0 saturated carbocycles. The zero-order chi connectivity index (χ0) is 14.5. The number of benzene rings is 1. The van der Waals surface area contributed by atoms with Crippen molar-refractivity contribution in [2.24, 2.45) is 0 Å². The number of hydrogen-bond acceptors (Lipinski definition) is 2. The lowest BCUT2D eigenvalue weighted by molar-refractivity contribution is -0.138. The minimum absolute atomic E-state index is 0.199. The predicted octanol–water partition coefficient (Wildman–Crippen LogP) is 4.16. The summed E-state index contributed by atoms with van der Waals surface area (Å²) in [5, 5.41) is 3.08. The summed E-state index contributed by atoms with van der Waals surface area (Å²) in [6.45, 7) is 2.80. The van der Waals surface area contributed by atoms with Gasteiger partial charge in [-0.3, -0.25) is 0 Å². The Morgan fingerprint density at radius 3 is 2.58 bits per heavy atom. The third kappa shape index (κ3) is 4.78. The summed E-state index contributed by atoms with van der Waals surface area (Å²) in [6.07, 6.45) is -3.53. The predicted molar refractivity (Wildman–Crippen MR) is 72.1 cm³/mol. The standard InChI is InChI=1S/C13H17BrF3NO/c1-3-6-18-12(8-19-2)10-5-4-9(14)7-11(10)13(15,16)17/h4-5,7,12,18H,3,6,8H2,1-2H3. The lowest BCUT2D eigenvalue weighted by Gasteiger charge is -2.22. The lowest BCUT2D eigenvalue weighted by Crippen LogP contribution is -2.28. The monoisotopic (exact) mass is 339 g/mol. The maximum Gasteiger partial charge on any atom is 0.416 e. The van der Waals surface area contributed by atoms with E-state index in [1.54, 1.807) is 6.07 Å². The van der Waals surface area contributed by atoms with Gasteiger partial charge in [0.2, 0.25) is 0 Å². The van der Waals surface area contributed by atoms with Gasteiger partial charge in [0.05, 0.1) is 18.2 Å². The van der Waals surface area contributed by atoms with E-state index >= 15 is 0 Å². The molecular formula is C13H17BrF3NO. The van der Waals surface area contributed by atoms with Crippen LogP contribution in [0.25, 0.3) is 0 Å². The number of ether oxygens (including phenoxy) is 1. The Morgan fingerprint density at radius 2 is 2.05 bits per heavy atom. The molecule has 0 aliphatic rings. The van der Waals surface area contributed by atoms with Crippen LogP contribution in [0, 0.1) is 0 Å². The molecule has 1 N–H and O–H groups in total. The van der Waals surface area contributed by atoms with Gasteiger partial charge in [-0.2, -0.15) is 13.2 Å². The maximum absolute atomic E-state index is 13.1. The van der Waals surface area contributed by atoms with E-state index in [4.69, 9.17) is 4.74 Å². The van der Waals surface area contributed by atoms with Gasteiger partial charge >= 0.3 is 6.18 Å². The van der Waals surface area contributed by atoms with Gasteiger partial charge in [-0.15, -0.1) is 0 Å². The van der Waals surface area contributed by atoms with Gasteiger partial charge < -0.3 is 10.1 Å². The van der Waals surface area contributed by atoms with Crippen molar-refractivity contribution in [3.8, 4) is 0 Å². The van der Waals surface area contributed by atoms with Crippen LogP contribution in [0.3, 0.4) is 0 Å². The molecule has 1 atom stereocenters. The summed E-state index contributed by atoms with van der Waals surface area (Å²) in [5.41, 5.74) is -0.418. The Bertz CT molecular complexity index is 409. The van der Waals surface area contributed by atoms with Crippen molar-refractivity contribution in [1.82, 2.24) is 5.32 Å². The Labute approximate surface area is 119 Å². The van der Waals surface area contributed by atoms with Crippen molar-refractivity contribution in [2.75, 3.05) is 20.3 Å². The van der Waals surface area contributed by atoms with Crippen molar-refractivity contribution in [3.63, 3.8) is 0 Å². The fourth-order valence-corrected chi connectivity index (χ4v) is 2.18. The number of halogens is 4. The molecule has 0 fully saturated rings. The van der Waals surface area contributed by atoms with Crippen LogP contribution in [0.4, 0.5) is 13.2 Å². The van der Waals surface area contributed by atoms with Crippen molar-refractivity contribution >= 4 is 15.9 Å². The summed E-state index contributed by atoms with van der Waals surface area (Å²) in [5.74, 6) is 0. The first-order valence-corrected chi connectivity index (χ1v) is 6.78. The largest absolute Gasteiger partial charge is 0.416 e. The van der Waals surface area contributed by atoms with Crippen molar-refractivity contribution in [1.29, 1.82) is 0 Å². The number of hydrogen-bond donors (Lipinski definition) is 1. The third-order valence-corrected chi connectivity index (χ3v) is 3.16. The average Bonchev–Trinajstić information content (AvgIpc) is 2.33. The van der Waals surface area contributed by atoms with Gasteiger partial charge in [0, 0.05) is 11.6 Å². The maximum atomic E-state index is 13.1. The average molecular weight is 340 g/mol. The van der Waals surface area contributed by atoms with Gasteiger partial charge in [-0.05, 0) is 30.7 Å². The second-order valence-electron chi connectivity index (χ2n) is 4.19. The van der Waals surface area contributed by atoms with E-state index in [2.05, 4.69) is 21.2 Å². The molecule has 0 aromatic heterocycles. The molecule has 1 rings (SSSR count). The molecule has 0 amide bonds.